The molecule has 98 valence electrons. The number of benzene rings is 1. The largest absolute Gasteiger partial charge is 0.424 e. The highest BCUT2D eigenvalue weighted by Crippen LogP contribution is 2.22. The Hall–Kier alpha value is -1.66. The molecule has 0 saturated heterocycles. The van der Waals surface area contributed by atoms with E-state index in [9.17, 15) is 0 Å². The van der Waals surface area contributed by atoms with Crippen LogP contribution >= 0.6 is 24.0 Å². The van der Waals surface area contributed by atoms with Crippen LogP contribution in [-0.4, -0.2) is 21.2 Å². The van der Waals surface area contributed by atoms with E-state index < -0.39 is 0 Å². The molecule has 0 radical (unpaired) electrons. The number of rotatable bonds is 4. The van der Waals surface area contributed by atoms with Crippen molar-refractivity contribution in [2.45, 2.75) is 11.8 Å². The molecule has 0 fully saturated rings. The van der Waals surface area contributed by atoms with Gasteiger partial charge in [0, 0.05) is 10.6 Å². The minimum Gasteiger partial charge on any atom is -0.424 e. The Balaban J connectivity index is 2.24. The number of thioether (sulfide) groups is 1. The van der Waals surface area contributed by atoms with Gasteiger partial charge in [-0.05, 0) is 43.5 Å². The molecular weight excluding hydrogens is 278 g/mol. The molecule has 6 heteroatoms. The maximum atomic E-state index is 5.60. The lowest BCUT2D eigenvalue weighted by molar-refractivity contribution is 0.439. The topological polar surface area (TPSA) is 61.0 Å². The molecule has 1 aromatic heterocycles. The standard InChI is InChI=1S/C13H13N3OS2/c1-8-7-11(12(14)18)16-13(15-8)17-9-3-5-10(19-2)6-4-9/h3-7H,1-2H3,(H2,14,18). The molecule has 0 unspecified atom stereocenters. The molecule has 0 atom stereocenters. The molecule has 0 aliphatic heterocycles. The van der Waals surface area contributed by atoms with Gasteiger partial charge in [0.25, 0.3) is 0 Å². The smallest absolute Gasteiger partial charge is 0.322 e. The quantitative estimate of drug-likeness (QED) is 0.690. The zero-order valence-electron chi connectivity index (χ0n) is 10.6. The summed E-state index contributed by atoms with van der Waals surface area (Å²) >= 11 is 6.58. The summed E-state index contributed by atoms with van der Waals surface area (Å²) in [6.45, 7) is 1.84. The van der Waals surface area contributed by atoms with Crippen LogP contribution in [0.3, 0.4) is 0 Å². The SMILES string of the molecule is CSc1ccc(Oc2nc(C)cc(C(N)=S)n2)cc1. The maximum absolute atomic E-state index is 5.60. The lowest BCUT2D eigenvalue weighted by atomic mass is 10.3. The molecule has 2 aromatic rings. The van der Waals surface area contributed by atoms with Gasteiger partial charge in [0.05, 0.1) is 0 Å². The summed E-state index contributed by atoms with van der Waals surface area (Å²) < 4.78 is 5.60. The van der Waals surface area contributed by atoms with Gasteiger partial charge in [0.15, 0.2) is 0 Å². The zero-order chi connectivity index (χ0) is 13.8. The first kappa shape index (κ1) is 13.8. The third-order valence-electron chi connectivity index (χ3n) is 2.35. The second kappa shape index (κ2) is 5.99. The molecule has 1 aromatic carbocycles. The van der Waals surface area contributed by atoms with Crippen LogP contribution in [0.4, 0.5) is 0 Å². The number of aryl methyl sites for hydroxylation is 1. The van der Waals surface area contributed by atoms with Gasteiger partial charge in [-0.1, -0.05) is 12.2 Å². The number of hydrogen-bond donors (Lipinski definition) is 1. The van der Waals surface area contributed by atoms with E-state index in [4.69, 9.17) is 22.7 Å². The predicted octanol–water partition coefficient (Wildman–Crippen LogP) is 2.93. The molecule has 0 amide bonds. The Kier molecular flexibility index (Phi) is 4.34. The van der Waals surface area contributed by atoms with E-state index in [2.05, 4.69) is 9.97 Å². The van der Waals surface area contributed by atoms with Crippen molar-refractivity contribution < 1.29 is 4.74 Å². The third-order valence-corrected chi connectivity index (χ3v) is 3.31. The van der Waals surface area contributed by atoms with E-state index in [1.165, 1.54) is 4.90 Å². The van der Waals surface area contributed by atoms with Crippen LogP contribution in [0, 0.1) is 6.92 Å². The molecule has 0 saturated carbocycles. The van der Waals surface area contributed by atoms with Gasteiger partial charge in [0.2, 0.25) is 0 Å². The van der Waals surface area contributed by atoms with Crippen molar-refractivity contribution in [2.24, 2.45) is 5.73 Å². The molecular formula is C13H13N3OS2. The summed E-state index contributed by atoms with van der Waals surface area (Å²) in [7, 11) is 0. The Morgan fingerprint density at radius 2 is 1.95 bits per heavy atom. The summed E-state index contributed by atoms with van der Waals surface area (Å²) in [5.74, 6) is 0.678. The fraction of sp³-hybridized carbons (Fsp3) is 0.154. The minimum absolute atomic E-state index is 0.230. The van der Waals surface area contributed by atoms with Crippen LogP contribution in [0.25, 0.3) is 0 Å². The Morgan fingerprint density at radius 3 is 2.53 bits per heavy atom. The van der Waals surface area contributed by atoms with Gasteiger partial charge in [-0.3, -0.25) is 0 Å². The first-order valence-electron chi connectivity index (χ1n) is 5.56. The number of ether oxygens (including phenoxy) is 1. The van der Waals surface area contributed by atoms with Crippen molar-refractivity contribution in [2.75, 3.05) is 6.26 Å². The van der Waals surface area contributed by atoms with Crippen LogP contribution in [0.2, 0.25) is 0 Å². The molecule has 0 spiro atoms. The van der Waals surface area contributed by atoms with Gasteiger partial charge < -0.3 is 10.5 Å². The van der Waals surface area contributed by atoms with Crippen molar-refractivity contribution in [3.63, 3.8) is 0 Å². The van der Waals surface area contributed by atoms with Gasteiger partial charge in [0.1, 0.15) is 16.4 Å². The van der Waals surface area contributed by atoms with E-state index in [1.54, 1.807) is 17.8 Å². The average Bonchev–Trinajstić information content (AvgIpc) is 2.39. The summed E-state index contributed by atoms with van der Waals surface area (Å²) in [6, 6.07) is 9.68. The van der Waals surface area contributed by atoms with E-state index >= 15 is 0 Å². The van der Waals surface area contributed by atoms with Crippen molar-refractivity contribution >= 4 is 29.0 Å². The van der Waals surface area contributed by atoms with Gasteiger partial charge in [-0.2, -0.15) is 4.98 Å². The van der Waals surface area contributed by atoms with Crippen molar-refractivity contribution in [3.8, 4) is 11.8 Å². The number of nitrogens with zero attached hydrogens (tertiary/aromatic N) is 2. The zero-order valence-corrected chi connectivity index (χ0v) is 12.2. The third kappa shape index (κ3) is 3.65. The van der Waals surface area contributed by atoms with Crippen molar-refractivity contribution in [1.29, 1.82) is 0 Å². The minimum atomic E-state index is 0.230. The van der Waals surface area contributed by atoms with E-state index in [-0.39, 0.29) is 11.0 Å². The summed E-state index contributed by atoms with van der Waals surface area (Å²) in [6.07, 6.45) is 2.02. The maximum Gasteiger partial charge on any atom is 0.322 e. The summed E-state index contributed by atoms with van der Waals surface area (Å²) in [4.78, 5) is 9.76. The van der Waals surface area contributed by atoms with Crippen molar-refractivity contribution in [1.82, 2.24) is 9.97 Å². The monoisotopic (exact) mass is 291 g/mol. The molecule has 2 rings (SSSR count). The fourth-order valence-corrected chi connectivity index (χ4v) is 1.98. The fourth-order valence-electron chi connectivity index (χ4n) is 1.46. The highest BCUT2D eigenvalue weighted by atomic mass is 32.2. The lowest BCUT2D eigenvalue weighted by Gasteiger charge is -2.07. The van der Waals surface area contributed by atoms with Crippen LogP contribution in [-0.2, 0) is 0 Å². The molecule has 1 heterocycles. The number of aromatic nitrogens is 2. The highest BCUT2D eigenvalue weighted by molar-refractivity contribution is 7.98. The highest BCUT2D eigenvalue weighted by Gasteiger charge is 2.06. The van der Waals surface area contributed by atoms with E-state index in [1.807, 2.05) is 37.4 Å². The van der Waals surface area contributed by atoms with Crippen molar-refractivity contribution in [3.05, 3.63) is 41.7 Å². The van der Waals surface area contributed by atoms with Crippen LogP contribution in [0.5, 0.6) is 11.8 Å². The molecule has 2 N–H and O–H groups in total. The number of hydrogen-bond acceptors (Lipinski definition) is 5. The Bertz CT molecular complexity index is 599. The summed E-state index contributed by atoms with van der Waals surface area (Å²) in [5.41, 5.74) is 6.84. The summed E-state index contributed by atoms with van der Waals surface area (Å²) in [5, 5.41) is 0. The van der Waals surface area contributed by atoms with E-state index in [0.717, 1.165) is 5.69 Å². The molecule has 19 heavy (non-hydrogen) atoms. The van der Waals surface area contributed by atoms with Gasteiger partial charge in [-0.15, -0.1) is 11.8 Å². The first-order chi connectivity index (χ1) is 9.08. The molecule has 0 aliphatic rings. The second-order valence-electron chi connectivity index (χ2n) is 3.82. The van der Waals surface area contributed by atoms with Crippen LogP contribution in [0.1, 0.15) is 11.4 Å². The Morgan fingerprint density at radius 1 is 1.26 bits per heavy atom. The van der Waals surface area contributed by atoms with Crippen LogP contribution < -0.4 is 10.5 Å². The Labute approximate surface area is 121 Å². The van der Waals surface area contributed by atoms with E-state index in [0.29, 0.717) is 11.4 Å². The van der Waals surface area contributed by atoms with Crippen LogP contribution in [0.15, 0.2) is 35.2 Å². The molecule has 4 nitrogen and oxygen atoms in total. The number of nitrogens with two attached hydrogens (primary N) is 1. The lowest BCUT2D eigenvalue weighted by Crippen LogP contribution is -2.13. The molecule has 0 bridgehead atoms. The molecule has 0 aliphatic carbocycles. The van der Waals surface area contributed by atoms with Gasteiger partial charge >= 0.3 is 6.01 Å². The normalized spacial score (nSPS) is 10.2. The average molecular weight is 291 g/mol. The first-order valence-corrected chi connectivity index (χ1v) is 7.19. The predicted molar refractivity (Wildman–Crippen MR) is 81.0 cm³/mol. The van der Waals surface area contributed by atoms with Gasteiger partial charge in [-0.25, -0.2) is 4.98 Å². The number of thiocarbonyl (C=S) groups is 1. The second-order valence-corrected chi connectivity index (χ2v) is 5.14.